The zero-order valence-corrected chi connectivity index (χ0v) is 20.2. The average molecular weight is 471 g/mol. The summed E-state index contributed by atoms with van der Waals surface area (Å²) in [6, 6.07) is 5.47. The van der Waals surface area contributed by atoms with Crippen LogP contribution in [0.4, 0.5) is 11.5 Å². The Bertz CT molecular complexity index is 1180. The lowest BCUT2D eigenvalue weighted by Crippen LogP contribution is -2.47. The van der Waals surface area contributed by atoms with Gasteiger partial charge in [-0.25, -0.2) is 4.79 Å². The van der Waals surface area contributed by atoms with E-state index in [4.69, 9.17) is 15.2 Å². The highest BCUT2D eigenvalue weighted by Gasteiger charge is 2.35. The van der Waals surface area contributed by atoms with Crippen LogP contribution in [0.25, 0.3) is 0 Å². The van der Waals surface area contributed by atoms with Crippen molar-refractivity contribution in [2.45, 2.75) is 83.9 Å². The number of nitrogens with two attached hydrogens (primary N) is 1. The van der Waals surface area contributed by atoms with Gasteiger partial charge in [0.1, 0.15) is 11.4 Å². The molecule has 1 aliphatic heterocycles. The molecule has 1 aliphatic carbocycles. The molecule has 34 heavy (non-hydrogen) atoms. The molecule has 1 amide bonds. The summed E-state index contributed by atoms with van der Waals surface area (Å²) in [5, 5.41) is 0. The molecule has 9 heteroatoms. The maximum atomic E-state index is 13.5. The Hall–Kier alpha value is -3.23. The molecule has 1 aromatic carbocycles. The van der Waals surface area contributed by atoms with Crippen LogP contribution >= 0.6 is 0 Å². The van der Waals surface area contributed by atoms with Crippen LogP contribution in [-0.4, -0.2) is 33.7 Å². The summed E-state index contributed by atoms with van der Waals surface area (Å²) >= 11 is 0. The number of ether oxygens (including phenoxy) is 2. The fourth-order valence-electron chi connectivity index (χ4n) is 4.93. The second kappa shape index (κ2) is 9.56. The standard InChI is InChI=1S/C25H34N4O5/c1-4-5-13-28-22(26)20(23(31)27-24(28)32)29(17-10-6-7-11-17)19(30)15-33-18-12-8-9-16-14-25(2,3)34-21(16)18/h8-9,12,17H,4-7,10-11,13-15,26H2,1-3H3,(H,27,31,32). The van der Waals surface area contributed by atoms with Gasteiger partial charge in [0.05, 0.1) is 0 Å². The number of aromatic nitrogens is 2. The molecule has 184 valence electrons. The minimum atomic E-state index is -0.652. The normalized spacial score (nSPS) is 16.8. The van der Waals surface area contributed by atoms with E-state index in [0.29, 0.717) is 18.0 Å². The van der Waals surface area contributed by atoms with Crippen molar-refractivity contribution >= 4 is 17.4 Å². The van der Waals surface area contributed by atoms with E-state index in [-0.39, 0.29) is 35.7 Å². The number of fused-ring (bicyclic) bond motifs is 1. The van der Waals surface area contributed by atoms with Gasteiger partial charge < -0.3 is 15.2 Å². The number of amides is 1. The van der Waals surface area contributed by atoms with Crippen LogP contribution in [0.3, 0.4) is 0 Å². The average Bonchev–Trinajstić information content (AvgIpc) is 3.41. The highest BCUT2D eigenvalue weighted by atomic mass is 16.5. The number of hydrogen-bond donors (Lipinski definition) is 2. The van der Waals surface area contributed by atoms with E-state index < -0.39 is 11.2 Å². The Morgan fingerprint density at radius 1 is 1.29 bits per heavy atom. The zero-order valence-electron chi connectivity index (χ0n) is 20.2. The van der Waals surface area contributed by atoms with Gasteiger partial charge in [-0.1, -0.05) is 38.3 Å². The lowest BCUT2D eigenvalue weighted by Gasteiger charge is -2.30. The van der Waals surface area contributed by atoms with E-state index in [9.17, 15) is 14.4 Å². The van der Waals surface area contributed by atoms with Gasteiger partial charge in [-0.3, -0.25) is 24.0 Å². The van der Waals surface area contributed by atoms with Gasteiger partial charge in [0.25, 0.3) is 11.5 Å². The number of para-hydroxylation sites is 1. The first-order valence-corrected chi connectivity index (χ1v) is 12.1. The fraction of sp³-hybridized carbons (Fsp3) is 0.560. The molecule has 1 aromatic heterocycles. The van der Waals surface area contributed by atoms with Crippen molar-refractivity contribution in [3.05, 3.63) is 44.6 Å². The Morgan fingerprint density at radius 2 is 2.03 bits per heavy atom. The lowest BCUT2D eigenvalue weighted by molar-refractivity contribution is -0.121. The molecule has 4 rings (SSSR count). The third-order valence-corrected chi connectivity index (χ3v) is 6.55. The first-order valence-electron chi connectivity index (χ1n) is 12.1. The first kappa shape index (κ1) is 23.9. The SMILES string of the molecule is CCCCn1c(N)c(N(C(=O)COc2cccc3c2OC(C)(C)C3)C2CCCC2)c(=O)[nH]c1=O. The summed E-state index contributed by atoms with van der Waals surface area (Å²) in [6.45, 7) is 6.12. The smallest absolute Gasteiger partial charge is 0.330 e. The summed E-state index contributed by atoms with van der Waals surface area (Å²) < 4.78 is 13.3. The predicted octanol–water partition coefficient (Wildman–Crippen LogP) is 2.99. The first-order chi connectivity index (χ1) is 16.2. The van der Waals surface area contributed by atoms with Crippen molar-refractivity contribution in [2.24, 2.45) is 0 Å². The largest absolute Gasteiger partial charge is 0.483 e. The van der Waals surface area contributed by atoms with Crippen LogP contribution in [0.5, 0.6) is 11.5 Å². The molecule has 0 saturated heterocycles. The van der Waals surface area contributed by atoms with Gasteiger partial charge in [0.2, 0.25) is 0 Å². The molecule has 0 radical (unpaired) electrons. The Kier molecular flexibility index (Phi) is 6.72. The lowest BCUT2D eigenvalue weighted by atomic mass is 10.0. The number of nitrogens with zero attached hydrogens (tertiary/aromatic N) is 2. The van der Waals surface area contributed by atoms with Crippen molar-refractivity contribution in [3.8, 4) is 11.5 Å². The molecule has 1 fully saturated rings. The topological polar surface area (TPSA) is 120 Å². The number of unbranched alkanes of at least 4 members (excludes halogenated alkanes) is 1. The van der Waals surface area contributed by atoms with Crippen LogP contribution in [0.15, 0.2) is 27.8 Å². The number of anilines is 2. The Balaban J connectivity index is 1.64. The van der Waals surface area contributed by atoms with Crippen molar-refractivity contribution in [3.63, 3.8) is 0 Å². The quantitative estimate of drug-likeness (QED) is 0.612. The molecule has 2 heterocycles. The van der Waals surface area contributed by atoms with Crippen LogP contribution in [0.2, 0.25) is 0 Å². The van der Waals surface area contributed by atoms with Crippen molar-refractivity contribution < 1.29 is 14.3 Å². The molecule has 0 bridgehead atoms. The summed E-state index contributed by atoms with van der Waals surface area (Å²) in [7, 11) is 0. The van der Waals surface area contributed by atoms with E-state index in [0.717, 1.165) is 50.5 Å². The molecule has 3 N–H and O–H groups in total. The summed E-state index contributed by atoms with van der Waals surface area (Å²) in [5.41, 5.74) is 5.85. The molecule has 1 saturated carbocycles. The molecule has 0 unspecified atom stereocenters. The number of benzene rings is 1. The second-order valence-electron chi connectivity index (χ2n) is 9.77. The van der Waals surface area contributed by atoms with E-state index in [2.05, 4.69) is 4.98 Å². The van der Waals surface area contributed by atoms with Crippen LogP contribution < -0.4 is 31.4 Å². The van der Waals surface area contributed by atoms with Gasteiger partial charge in [-0.2, -0.15) is 0 Å². The van der Waals surface area contributed by atoms with Gasteiger partial charge in [-0.05, 0) is 39.2 Å². The highest BCUT2D eigenvalue weighted by molar-refractivity contribution is 5.97. The molecule has 0 spiro atoms. The predicted molar refractivity (Wildman–Crippen MR) is 131 cm³/mol. The van der Waals surface area contributed by atoms with Crippen molar-refractivity contribution in [2.75, 3.05) is 17.2 Å². The van der Waals surface area contributed by atoms with Gasteiger partial charge in [0, 0.05) is 24.6 Å². The van der Waals surface area contributed by atoms with E-state index in [1.54, 1.807) is 6.07 Å². The monoisotopic (exact) mass is 470 g/mol. The minimum absolute atomic E-state index is 0.0214. The molecule has 0 atom stereocenters. The number of carbonyl (C=O) groups excluding carboxylic acids is 1. The number of nitrogens with one attached hydrogen (secondary N) is 1. The summed E-state index contributed by atoms with van der Waals surface area (Å²) in [4.78, 5) is 42.6. The van der Waals surface area contributed by atoms with E-state index in [1.165, 1.54) is 9.47 Å². The van der Waals surface area contributed by atoms with Crippen LogP contribution in [0.1, 0.15) is 64.9 Å². The van der Waals surface area contributed by atoms with Gasteiger partial charge in [0.15, 0.2) is 23.8 Å². The zero-order chi connectivity index (χ0) is 24.5. The fourth-order valence-corrected chi connectivity index (χ4v) is 4.93. The molecule has 9 nitrogen and oxygen atoms in total. The summed E-state index contributed by atoms with van der Waals surface area (Å²) in [6.07, 6.45) is 5.78. The molecular weight excluding hydrogens is 436 g/mol. The van der Waals surface area contributed by atoms with E-state index >= 15 is 0 Å². The number of aromatic amines is 1. The second-order valence-corrected chi connectivity index (χ2v) is 9.77. The van der Waals surface area contributed by atoms with Gasteiger partial charge >= 0.3 is 5.69 Å². The van der Waals surface area contributed by atoms with Crippen molar-refractivity contribution in [1.29, 1.82) is 0 Å². The molecular formula is C25H34N4O5. The van der Waals surface area contributed by atoms with Crippen molar-refractivity contribution in [1.82, 2.24) is 9.55 Å². The van der Waals surface area contributed by atoms with Crippen LogP contribution in [0, 0.1) is 0 Å². The maximum Gasteiger partial charge on any atom is 0.330 e. The Morgan fingerprint density at radius 3 is 2.74 bits per heavy atom. The number of hydrogen-bond acceptors (Lipinski definition) is 6. The number of nitrogen functional groups attached to an aromatic ring is 1. The number of rotatable bonds is 8. The van der Waals surface area contributed by atoms with E-state index in [1.807, 2.05) is 32.9 Å². The van der Waals surface area contributed by atoms with Crippen LogP contribution in [-0.2, 0) is 17.8 Å². The number of carbonyl (C=O) groups is 1. The summed E-state index contributed by atoms with van der Waals surface area (Å²) in [5.74, 6) is 0.795. The third-order valence-electron chi connectivity index (χ3n) is 6.55. The van der Waals surface area contributed by atoms with Gasteiger partial charge in [-0.15, -0.1) is 0 Å². The third kappa shape index (κ3) is 4.69. The highest BCUT2D eigenvalue weighted by Crippen LogP contribution is 2.41. The minimum Gasteiger partial charge on any atom is -0.483 e. The maximum absolute atomic E-state index is 13.5. The Labute approximate surface area is 198 Å². The molecule has 2 aliphatic rings. The number of H-pyrrole nitrogens is 1. The molecule has 2 aromatic rings.